The standard InChI is InChI=1S/C28H27F3N2O3/c1-15-6-8-18(21(30)12-15)24-19-10-11-33(14-17-7-9-20(29)22(31)13-17)26(19)32-16(2)23(24)25(27(34)35)36-28(3,4)5/h6-13,25H,14H2,1-5H3,(H,34,35). The van der Waals surface area contributed by atoms with Gasteiger partial charge in [-0.3, -0.25) is 0 Å². The number of carboxylic acids is 1. The van der Waals surface area contributed by atoms with Crippen LogP contribution in [0.1, 0.15) is 49.3 Å². The molecule has 0 spiro atoms. The quantitative estimate of drug-likeness (QED) is 0.322. The molecule has 0 amide bonds. The summed E-state index contributed by atoms with van der Waals surface area (Å²) < 4.78 is 50.2. The van der Waals surface area contributed by atoms with Gasteiger partial charge in [0.05, 0.1) is 5.60 Å². The fourth-order valence-corrected chi connectivity index (χ4v) is 4.31. The van der Waals surface area contributed by atoms with Gasteiger partial charge in [-0.15, -0.1) is 0 Å². The van der Waals surface area contributed by atoms with Gasteiger partial charge in [-0.1, -0.05) is 18.2 Å². The van der Waals surface area contributed by atoms with Crippen LogP contribution in [0.15, 0.2) is 48.7 Å². The minimum Gasteiger partial charge on any atom is -0.479 e. The Bertz CT molecular complexity index is 1470. The highest BCUT2D eigenvalue weighted by Crippen LogP contribution is 2.40. The molecule has 36 heavy (non-hydrogen) atoms. The second-order valence-corrected chi connectivity index (χ2v) is 9.85. The van der Waals surface area contributed by atoms with Crippen molar-refractivity contribution < 1.29 is 27.8 Å². The lowest BCUT2D eigenvalue weighted by Crippen LogP contribution is -2.28. The Balaban J connectivity index is 1.99. The number of halogens is 3. The topological polar surface area (TPSA) is 64.3 Å². The smallest absolute Gasteiger partial charge is 0.337 e. The van der Waals surface area contributed by atoms with Crippen molar-refractivity contribution in [3.63, 3.8) is 0 Å². The van der Waals surface area contributed by atoms with Gasteiger partial charge in [0, 0.05) is 40.5 Å². The number of nitrogens with zero attached hydrogens (tertiary/aromatic N) is 2. The first kappa shape index (κ1) is 25.4. The molecule has 0 saturated carbocycles. The van der Waals surface area contributed by atoms with E-state index in [1.165, 1.54) is 12.1 Å². The first-order valence-corrected chi connectivity index (χ1v) is 11.5. The van der Waals surface area contributed by atoms with E-state index in [2.05, 4.69) is 4.98 Å². The normalized spacial score (nSPS) is 12.8. The highest BCUT2D eigenvalue weighted by Gasteiger charge is 2.33. The summed E-state index contributed by atoms with van der Waals surface area (Å²) in [7, 11) is 0. The van der Waals surface area contributed by atoms with Crippen LogP contribution in [0, 0.1) is 31.3 Å². The van der Waals surface area contributed by atoms with Crippen molar-refractivity contribution in [1.82, 2.24) is 9.55 Å². The number of rotatable bonds is 6. The van der Waals surface area contributed by atoms with Gasteiger partial charge in [0.1, 0.15) is 11.5 Å². The minimum atomic E-state index is -1.40. The Hall–Kier alpha value is -3.65. The molecule has 8 heteroatoms. The second-order valence-electron chi connectivity index (χ2n) is 9.85. The summed E-state index contributed by atoms with van der Waals surface area (Å²) in [6.07, 6.45) is 0.310. The van der Waals surface area contributed by atoms with Crippen LogP contribution in [0.2, 0.25) is 0 Å². The second kappa shape index (κ2) is 9.43. The Morgan fingerprint density at radius 2 is 1.75 bits per heavy atom. The molecule has 1 N–H and O–H groups in total. The number of fused-ring (bicyclic) bond motifs is 1. The number of ether oxygens (including phenoxy) is 1. The van der Waals surface area contributed by atoms with E-state index >= 15 is 4.39 Å². The van der Waals surface area contributed by atoms with E-state index in [-0.39, 0.29) is 17.7 Å². The molecule has 2 heterocycles. The van der Waals surface area contributed by atoms with Gasteiger partial charge in [-0.25, -0.2) is 22.9 Å². The van der Waals surface area contributed by atoms with Gasteiger partial charge >= 0.3 is 5.97 Å². The summed E-state index contributed by atoms with van der Waals surface area (Å²) >= 11 is 0. The number of hydrogen-bond acceptors (Lipinski definition) is 3. The third kappa shape index (κ3) is 4.99. The third-order valence-electron chi connectivity index (χ3n) is 5.82. The number of benzene rings is 2. The van der Waals surface area contributed by atoms with Gasteiger partial charge in [0.25, 0.3) is 0 Å². The molecule has 4 rings (SSSR count). The van der Waals surface area contributed by atoms with E-state index in [1.807, 2.05) is 0 Å². The van der Waals surface area contributed by atoms with Crippen LogP contribution < -0.4 is 0 Å². The first-order chi connectivity index (χ1) is 16.9. The number of pyridine rings is 1. The van der Waals surface area contributed by atoms with E-state index in [4.69, 9.17) is 4.74 Å². The van der Waals surface area contributed by atoms with Crippen molar-refractivity contribution in [2.45, 2.75) is 52.9 Å². The SMILES string of the molecule is Cc1ccc(-c2c(C(OC(C)(C)C)C(=O)O)c(C)nc3c2ccn3Cc2ccc(F)c(F)c2)c(F)c1. The molecule has 2 aromatic heterocycles. The van der Waals surface area contributed by atoms with Crippen LogP contribution in [0.3, 0.4) is 0 Å². The van der Waals surface area contributed by atoms with E-state index in [1.54, 1.807) is 63.6 Å². The lowest BCUT2D eigenvalue weighted by molar-refractivity contribution is -0.160. The van der Waals surface area contributed by atoms with E-state index in [0.717, 1.165) is 17.7 Å². The fourth-order valence-electron chi connectivity index (χ4n) is 4.31. The van der Waals surface area contributed by atoms with Crippen molar-refractivity contribution in [2.24, 2.45) is 0 Å². The number of carbonyl (C=O) groups is 1. The van der Waals surface area contributed by atoms with Gasteiger partial charge in [0.15, 0.2) is 17.7 Å². The van der Waals surface area contributed by atoms with Gasteiger partial charge < -0.3 is 14.4 Å². The predicted molar refractivity (Wildman–Crippen MR) is 131 cm³/mol. The zero-order valence-electron chi connectivity index (χ0n) is 20.7. The maximum absolute atomic E-state index is 15.3. The molecular weight excluding hydrogens is 469 g/mol. The van der Waals surface area contributed by atoms with Gasteiger partial charge in [-0.05, 0) is 70.0 Å². The molecule has 0 radical (unpaired) electrons. The van der Waals surface area contributed by atoms with E-state index in [9.17, 15) is 18.7 Å². The number of aromatic nitrogens is 2. The average Bonchev–Trinajstić information content (AvgIpc) is 3.15. The average molecular weight is 497 g/mol. The first-order valence-electron chi connectivity index (χ1n) is 11.5. The summed E-state index contributed by atoms with van der Waals surface area (Å²) in [5, 5.41) is 10.6. The maximum atomic E-state index is 15.3. The number of hydrogen-bond donors (Lipinski definition) is 1. The number of aryl methyl sites for hydroxylation is 2. The number of carboxylic acid groups (broad SMARTS) is 1. The van der Waals surface area contributed by atoms with Crippen LogP contribution in [-0.2, 0) is 16.1 Å². The van der Waals surface area contributed by atoms with Crippen molar-refractivity contribution >= 4 is 17.0 Å². The largest absolute Gasteiger partial charge is 0.479 e. The van der Waals surface area contributed by atoms with Crippen LogP contribution in [0.25, 0.3) is 22.2 Å². The molecule has 5 nitrogen and oxygen atoms in total. The molecule has 1 unspecified atom stereocenters. The minimum absolute atomic E-state index is 0.184. The third-order valence-corrected chi connectivity index (χ3v) is 5.82. The molecule has 0 aliphatic heterocycles. The summed E-state index contributed by atoms with van der Waals surface area (Å²) in [4.78, 5) is 17.0. The van der Waals surface area contributed by atoms with Crippen LogP contribution in [-0.4, -0.2) is 26.2 Å². The molecule has 0 bridgehead atoms. The van der Waals surface area contributed by atoms with E-state index in [0.29, 0.717) is 27.9 Å². The maximum Gasteiger partial charge on any atom is 0.337 e. The highest BCUT2D eigenvalue weighted by atomic mass is 19.2. The summed E-state index contributed by atoms with van der Waals surface area (Å²) in [6.45, 7) is 8.84. The molecule has 0 aliphatic rings. The molecule has 188 valence electrons. The Morgan fingerprint density at radius 3 is 2.36 bits per heavy atom. The molecule has 2 aromatic carbocycles. The fraction of sp³-hybridized carbons (Fsp3) is 0.286. The monoisotopic (exact) mass is 496 g/mol. The van der Waals surface area contributed by atoms with Gasteiger partial charge in [-0.2, -0.15) is 0 Å². The zero-order chi connectivity index (χ0) is 26.4. The summed E-state index contributed by atoms with van der Waals surface area (Å²) in [6, 6.07) is 10.1. The summed E-state index contributed by atoms with van der Waals surface area (Å²) in [5.74, 6) is -3.62. The Labute approximate surface area is 207 Å². The van der Waals surface area contributed by atoms with Crippen molar-refractivity contribution in [3.8, 4) is 11.1 Å². The summed E-state index contributed by atoms with van der Waals surface area (Å²) in [5.41, 5.74) is 2.10. The van der Waals surface area contributed by atoms with Crippen molar-refractivity contribution in [1.29, 1.82) is 0 Å². The molecule has 0 aliphatic carbocycles. The van der Waals surface area contributed by atoms with Crippen LogP contribution in [0.5, 0.6) is 0 Å². The highest BCUT2D eigenvalue weighted by molar-refractivity contribution is 5.98. The van der Waals surface area contributed by atoms with Crippen LogP contribution >= 0.6 is 0 Å². The molecule has 0 saturated heterocycles. The van der Waals surface area contributed by atoms with Crippen molar-refractivity contribution in [3.05, 3.63) is 88.5 Å². The zero-order valence-corrected chi connectivity index (χ0v) is 20.7. The lowest BCUT2D eigenvalue weighted by Gasteiger charge is -2.28. The lowest BCUT2D eigenvalue weighted by atomic mass is 9.91. The molecular formula is C28H27F3N2O3. The van der Waals surface area contributed by atoms with Crippen molar-refractivity contribution in [2.75, 3.05) is 0 Å². The Morgan fingerprint density at radius 1 is 1.03 bits per heavy atom. The van der Waals surface area contributed by atoms with Crippen LogP contribution in [0.4, 0.5) is 13.2 Å². The number of aliphatic carboxylic acids is 1. The molecule has 0 fully saturated rings. The predicted octanol–water partition coefficient (Wildman–Crippen LogP) is 6.73. The van der Waals surface area contributed by atoms with Gasteiger partial charge in [0.2, 0.25) is 0 Å². The molecule has 1 atom stereocenters. The molecule has 4 aromatic rings. The Kier molecular flexibility index (Phi) is 6.66. The van der Waals surface area contributed by atoms with E-state index < -0.39 is 35.1 Å².